The maximum Gasteiger partial charge on any atom is 0.187 e. The molecule has 0 fully saturated rings. The Kier molecular flexibility index (Phi) is 6.09. The molecule has 1 N–H and O–H groups in total. The minimum Gasteiger partial charge on any atom is -0.332 e. The summed E-state index contributed by atoms with van der Waals surface area (Å²) in [4.78, 5) is 4.60. The quantitative estimate of drug-likeness (QED) is 0.482. The fraction of sp³-hybridized carbons (Fsp3) is 0.118. The fourth-order valence-corrected chi connectivity index (χ4v) is 3.10. The number of nitrogens with one attached hydrogen (secondary N) is 1. The van der Waals surface area contributed by atoms with E-state index < -0.39 is 0 Å². The number of aromatic nitrogens is 1. The van der Waals surface area contributed by atoms with Crippen LogP contribution in [0.4, 0.5) is 10.8 Å². The zero-order valence-electron chi connectivity index (χ0n) is 12.6. The second-order valence-corrected chi connectivity index (χ2v) is 6.76. The number of hydrogen-bond acceptors (Lipinski definition) is 3. The normalized spacial score (nSPS) is 10.3. The van der Waals surface area contributed by atoms with Crippen LogP contribution in [0, 0.1) is 13.8 Å². The SMILES string of the molecule is Br.Cc1ccc(Nc2nc(-c3ccc(Cl)c(Cl)c3)cs2)cc1C. The lowest BCUT2D eigenvalue weighted by Gasteiger charge is -2.05. The summed E-state index contributed by atoms with van der Waals surface area (Å²) in [6.07, 6.45) is 0. The van der Waals surface area contributed by atoms with Crippen LogP contribution in [0.25, 0.3) is 11.3 Å². The van der Waals surface area contributed by atoms with Crippen LogP contribution in [0.2, 0.25) is 10.0 Å². The Morgan fingerprint density at radius 2 is 1.74 bits per heavy atom. The predicted molar refractivity (Wildman–Crippen MR) is 107 cm³/mol. The van der Waals surface area contributed by atoms with Gasteiger partial charge in [0.05, 0.1) is 15.7 Å². The number of halogens is 3. The molecule has 2 nitrogen and oxygen atoms in total. The summed E-state index contributed by atoms with van der Waals surface area (Å²) in [5.74, 6) is 0. The molecule has 0 aliphatic carbocycles. The van der Waals surface area contributed by atoms with Crippen molar-refractivity contribution in [3.8, 4) is 11.3 Å². The number of hydrogen-bond donors (Lipinski definition) is 1. The van der Waals surface area contributed by atoms with E-state index in [4.69, 9.17) is 23.2 Å². The molecule has 6 heteroatoms. The molecule has 0 aliphatic heterocycles. The van der Waals surface area contributed by atoms with E-state index in [1.54, 1.807) is 17.4 Å². The lowest BCUT2D eigenvalue weighted by Crippen LogP contribution is -1.91. The smallest absolute Gasteiger partial charge is 0.187 e. The first-order valence-corrected chi connectivity index (χ1v) is 8.42. The largest absolute Gasteiger partial charge is 0.332 e. The van der Waals surface area contributed by atoms with Gasteiger partial charge in [-0.05, 0) is 49.2 Å². The lowest BCUT2D eigenvalue weighted by atomic mass is 10.1. The standard InChI is InChI=1S/C17H14Cl2N2S.BrH/c1-10-3-5-13(7-11(10)2)20-17-21-16(9-22-17)12-4-6-14(18)15(19)8-12;/h3-9H,1-2H3,(H,20,21);1H. The maximum absolute atomic E-state index is 6.06. The summed E-state index contributed by atoms with van der Waals surface area (Å²) in [6.45, 7) is 4.20. The second kappa shape index (κ2) is 7.67. The summed E-state index contributed by atoms with van der Waals surface area (Å²) in [5, 5.41) is 7.28. The third kappa shape index (κ3) is 4.27. The molecule has 0 spiro atoms. The molecule has 3 rings (SSSR count). The first-order valence-electron chi connectivity index (χ1n) is 6.78. The van der Waals surface area contributed by atoms with Crippen LogP contribution in [0.3, 0.4) is 0 Å². The van der Waals surface area contributed by atoms with E-state index in [1.807, 2.05) is 17.5 Å². The summed E-state index contributed by atoms with van der Waals surface area (Å²) in [5.41, 5.74) is 5.42. The van der Waals surface area contributed by atoms with Gasteiger partial charge in [0.1, 0.15) is 0 Å². The highest BCUT2D eigenvalue weighted by atomic mass is 79.9. The minimum absolute atomic E-state index is 0. The molecule has 0 atom stereocenters. The topological polar surface area (TPSA) is 24.9 Å². The summed E-state index contributed by atoms with van der Waals surface area (Å²) in [7, 11) is 0. The molecule has 23 heavy (non-hydrogen) atoms. The molecule has 0 radical (unpaired) electrons. The average Bonchev–Trinajstić information content (AvgIpc) is 2.94. The Bertz CT molecular complexity index is 833. The van der Waals surface area contributed by atoms with Crippen molar-refractivity contribution < 1.29 is 0 Å². The third-order valence-electron chi connectivity index (χ3n) is 3.48. The van der Waals surface area contributed by atoms with Gasteiger partial charge in [-0.25, -0.2) is 4.98 Å². The van der Waals surface area contributed by atoms with Gasteiger partial charge in [-0.1, -0.05) is 35.3 Å². The van der Waals surface area contributed by atoms with Gasteiger partial charge < -0.3 is 5.32 Å². The summed E-state index contributed by atoms with van der Waals surface area (Å²) in [6, 6.07) is 11.8. The molecule has 120 valence electrons. The minimum atomic E-state index is 0. The highest BCUT2D eigenvalue weighted by Crippen LogP contribution is 2.31. The van der Waals surface area contributed by atoms with Crippen LogP contribution < -0.4 is 5.32 Å². The van der Waals surface area contributed by atoms with Crippen molar-refractivity contribution in [2.45, 2.75) is 13.8 Å². The molecule has 3 aromatic rings. The Labute approximate surface area is 160 Å². The zero-order chi connectivity index (χ0) is 15.7. The Balaban J connectivity index is 0.00000192. The molecule has 0 unspecified atom stereocenters. The number of nitrogens with zero attached hydrogens (tertiary/aromatic N) is 1. The van der Waals surface area contributed by atoms with E-state index in [0.29, 0.717) is 10.0 Å². The van der Waals surface area contributed by atoms with Crippen molar-refractivity contribution in [3.05, 3.63) is 63.0 Å². The number of aryl methyl sites for hydroxylation is 2. The zero-order valence-corrected chi connectivity index (χ0v) is 16.6. The number of rotatable bonds is 3. The van der Waals surface area contributed by atoms with E-state index in [2.05, 4.69) is 42.3 Å². The van der Waals surface area contributed by atoms with Crippen molar-refractivity contribution in [1.82, 2.24) is 4.98 Å². The highest BCUT2D eigenvalue weighted by Gasteiger charge is 2.07. The van der Waals surface area contributed by atoms with E-state index >= 15 is 0 Å². The lowest BCUT2D eigenvalue weighted by molar-refractivity contribution is 1.33. The van der Waals surface area contributed by atoms with Crippen LogP contribution in [-0.2, 0) is 0 Å². The van der Waals surface area contributed by atoms with Gasteiger partial charge in [-0.15, -0.1) is 28.3 Å². The van der Waals surface area contributed by atoms with Gasteiger partial charge >= 0.3 is 0 Å². The maximum atomic E-state index is 6.06. The van der Waals surface area contributed by atoms with E-state index in [9.17, 15) is 0 Å². The molecule has 0 bridgehead atoms. The number of thiazole rings is 1. The van der Waals surface area contributed by atoms with Gasteiger partial charge in [-0.3, -0.25) is 0 Å². The third-order valence-corrected chi connectivity index (χ3v) is 4.97. The monoisotopic (exact) mass is 428 g/mol. The molecule has 0 aliphatic rings. The van der Waals surface area contributed by atoms with E-state index in [1.165, 1.54) is 11.1 Å². The molecule has 0 saturated carbocycles. The van der Waals surface area contributed by atoms with Crippen molar-refractivity contribution in [3.63, 3.8) is 0 Å². The van der Waals surface area contributed by atoms with Crippen LogP contribution in [0.5, 0.6) is 0 Å². The first kappa shape index (κ1) is 18.3. The number of anilines is 2. The molecule has 2 aromatic carbocycles. The van der Waals surface area contributed by atoms with E-state index in [0.717, 1.165) is 22.1 Å². The van der Waals surface area contributed by atoms with Crippen molar-refractivity contribution in [2.24, 2.45) is 0 Å². The van der Waals surface area contributed by atoms with Crippen molar-refractivity contribution >= 4 is 62.3 Å². The van der Waals surface area contributed by atoms with Gasteiger partial charge in [0.25, 0.3) is 0 Å². The Morgan fingerprint density at radius 1 is 0.957 bits per heavy atom. The highest BCUT2D eigenvalue weighted by molar-refractivity contribution is 8.93. The van der Waals surface area contributed by atoms with Crippen molar-refractivity contribution in [1.29, 1.82) is 0 Å². The molecule has 0 saturated heterocycles. The van der Waals surface area contributed by atoms with Gasteiger partial charge in [0.2, 0.25) is 0 Å². The average molecular weight is 430 g/mol. The first-order chi connectivity index (χ1) is 10.5. The molecular formula is C17H15BrCl2N2S. The van der Waals surface area contributed by atoms with Crippen LogP contribution in [-0.4, -0.2) is 4.98 Å². The molecular weight excluding hydrogens is 415 g/mol. The molecule has 1 aromatic heterocycles. The number of benzene rings is 2. The van der Waals surface area contributed by atoms with Gasteiger partial charge in [0, 0.05) is 16.6 Å². The van der Waals surface area contributed by atoms with Crippen LogP contribution in [0.1, 0.15) is 11.1 Å². The van der Waals surface area contributed by atoms with Crippen LogP contribution in [0.15, 0.2) is 41.8 Å². The van der Waals surface area contributed by atoms with E-state index in [-0.39, 0.29) is 17.0 Å². The second-order valence-electron chi connectivity index (χ2n) is 5.09. The summed E-state index contributed by atoms with van der Waals surface area (Å²) < 4.78 is 0. The Hall–Kier alpha value is -1.07. The van der Waals surface area contributed by atoms with Gasteiger partial charge in [0.15, 0.2) is 5.13 Å². The predicted octanol–water partition coefficient (Wildman–Crippen LogP) is 7.06. The fourth-order valence-electron chi connectivity index (χ4n) is 2.06. The van der Waals surface area contributed by atoms with Crippen LogP contribution >= 0.6 is 51.5 Å². The van der Waals surface area contributed by atoms with Crippen molar-refractivity contribution in [2.75, 3.05) is 5.32 Å². The molecule has 1 heterocycles. The molecule has 0 amide bonds. The van der Waals surface area contributed by atoms with Gasteiger partial charge in [-0.2, -0.15) is 0 Å². The Morgan fingerprint density at radius 3 is 2.43 bits per heavy atom. The summed E-state index contributed by atoms with van der Waals surface area (Å²) >= 11 is 13.6.